The number of carbonyl (C=O) groups excluding carboxylic acids is 1. The zero-order valence-corrected chi connectivity index (χ0v) is 18.7. The summed E-state index contributed by atoms with van der Waals surface area (Å²) >= 11 is 1.58. The highest BCUT2D eigenvalue weighted by Crippen LogP contribution is 2.23. The van der Waals surface area contributed by atoms with E-state index in [1.165, 1.54) is 6.07 Å². The van der Waals surface area contributed by atoms with Gasteiger partial charge >= 0.3 is 0 Å². The third-order valence-corrected chi connectivity index (χ3v) is 7.05. The Bertz CT molecular complexity index is 1110. The minimum Gasteiger partial charge on any atom is -0.497 e. The van der Waals surface area contributed by atoms with Crippen LogP contribution in [0.5, 0.6) is 5.75 Å². The molecule has 0 fully saturated rings. The van der Waals surface area contributed by atoms with E-state index in [0.29, 0.717) is 35.7 Å². The van der Waals surface area contributed by atoms with Gasteiger partial charge in [0, 0.05) is 22.7 Å². The van der Waals surface area contributed by atoms with Crippen molar-refractivity contribution in [1.82, 2.24) is 4.90 Å². The second-order valence-corrected chi connectivity index (χ2v) is 9.40. The molecule has 1 heterocycles. The Morgan fingerprint density at radius 2 is 1.87 bits per heavy atom. The lowest BCUT2D eigenvalue weighted by Crippen LogP contribution is -2.30. The number of nitrogens with one attached hydrogen (secondary N) is 1. The fraction of sp³-hybridized carbons (Fsp3) is 0.227. The number of ether oxygens (including phenoxy) is 1. The number of hydrogen-bond acceptors (Lipinski definition) is 5. The molecule has 0 aliphatic heterocycles. The molecule has 0 spiro atoms. The van der Waals surface area contributed by atoms with Crippen LogP contribution in [0.15, 0.2) is 64.9 Å². The number of benzene rings is 2. The maximum atomic E-state index is 13.0. The first kappa shape index (κ1) is 21.9. The zero-order valence-electron chi connectivity index (χ0n) is 17.1. The van der Waals surface area contributed by atoms with Crippen LogP contribution in [0.1, 0.15) is 27.7 Å². The van der Waals surface area contributed by atoms with E-state index in [9.17, 15) is 13.2 Å². The van der Waals surface area contributed by atoms with Crippen molar-refractivity contribution >= 4 is 33.0 Å². The summed E-state index contributed by atoms with van der Waals surface area (Å²) in [6.07, 6.45) is 0. The average Bonchev–Trinajstić information content (AvgIpc) is 3.25. The Morgan fingerprint density at radius 1 is 1.13 bits per heavy atom. The number of rotatable bonds is 8. The lowest BCUT2D eigenvalue weighted by Gasteiger charge is -2.21. The van der Waals surface area contributed by atoms with E-state index in [1.54, 1.807) is 66.7 Å². The number of nitrogens with zero attached hydrogens (tertiary/aromatic N) is 1. The van der Waals surface area contributed by atoms with Gasteiger partial charge in [-0.2, -0.15) is 0 Å². The number of methoxy groups -OCH3 is 1. The summed E-state index contributed by atoms with van der Waals surface area (Å²) in [6.45, 7) is 4.63. The normalized spacial score (nSPS) is 11.2. The van der Waals surface area contributed by atoms with Crippen molar-refractivity contribution < 1.29 is 17.9 Å². The van der Waals surface area contributed by atoms with Gasteiger partial charge in [0.25, 0.3) is 15.9 Å². The fourth-order valence-corrected chi connectivity index (χ4v) is 5.04. The molecule has 0 bridgehead atoms. The largest absolute Gasteiger partial charge is 0.497 e. The number of anilines is 1. The number of amides is 1. The number of carbonyl (C=O) groups is 1. The van der Waals surface area contributed by atoms with Crippen LogP contribution in [0.3, 0.4) is 0 Å². The fourth-order valence-electron chi connectivity index (χ4n) is 2.99. The lowest BCUT2D eigenvalue weighted by molar-refractivity contribution is 0.0754. The van der Waals surface area contributed by atoms with Crippen LogP contribution in [0.2, 0.25) is 0 Å². The van der Waals surface area contributed by atoms with Gasteiger partial charge in [0.1, 0.15) is 5.75 Å². The molecule has 1 aromatic heterocycles. The predicted octanol–water partition coefficient (Wildman–Crippen LogP) is 4.53. The van der Waals surface area contributed by atoms with Crippen molar-refractivity contribution in [3.8, 4) is 5.75 Å². The molecule has 0 saturated carbocycles. The highest BCUT2D eigenvalue weighted by molar-refractivity contribution is 7.92. The van der Waals surface area contributed by atoms with Crippen LogP contribution in [-0.2, 0) is 16.6 Å². The monoisotopic (exact) mass is 444 g/mol. The highest BCUT2D eigenvalue weighted by atomic mass is 32.2. The minimum atomic E-state index is -3.86. The molecule has 0 saturated heterocycles. The molecule has 3 aromatic rings. The first-order chi connectivity index (χ1) is 14.3. The summed E-state index contributed by atoms with van der Waals surface area (Å²) in [6, 6.07) is 15.3. The summed E-state index contributed by atoms with van der Waals surface area (Å²) in [5.74, 6) is 0.430. The second-order valence-electron chi connectivity index (χ2n) is 6.71. The third kappa shape index (κ3) is 5.01. The van der Waals surface area contributed by atoms with E-state index in [1.807, 2.05) is 24.4 Å². The molecular weight excluding hydrogens is 420 g/mol. The van der Waals surface area contributed by atoms with Crippen LogP contribution in [0, 0.1) is 6.92 Å². The van der Waals surface area contributed by atoms with Gasteiger partial charge in [-0.3, -0.25) is 9.52 Å². The number of hydrogen-bond donors (Lipinski definition) is 1. The van der Waals surface area contributed by atoms with E-state index in [-0.39, 0.29) is 10.8 Å². The Morgan fingerprint density at radius 3 is 2.47 bits per heavy atom. The molecule has 0 unspecified atom stereocenters. The summed E-state index contributed by atoms with van der Waals surface area (Å²) in [5, 5.41) is 1.97. The molecule has 2 aromatic carbocycles. The van der Waals surface area contributed by atoms with Gasteiger partial charge in [-0.05, 0) is 67.3 Å². The summed E-state index contributed by atoms with van der Waals surface area (Å²) in [4.78, 5) is 15.9. The van der Waals surface area contributed by atoms with Crippen LogP contribution >= 0.6 is 11.3 Å². The maximum absolute atomic E-state index is 13.0. The van der Waals surface area contributed by atoms with Gasteiger partial charge in [-0.1, -0.05) is 12.1 Å². The summed E-state index contributed by atoms with van der Waals surface area (Å²) in [7, 11) is -2.32. The van der Waals surface area contributed by atoms with Crippen LogP contribution in [0.25, 0.3) is 0 Å². The van der Waals surface area contributed by atoms with Gasteiger partial charge in [-0.15, -0.1) is 11.3 Å². The Labute approximate surface area is 181 Å². The third-order valence-electron chi connectivity index (χ3n) is 4.66. The lowest BCUT2D eigenvalue weighted by atomic mass is 10.1. The second kappa shape index (κ2) is 9.32. The van der Waals surface area contributed by atoms with E-state index >= 15 is 0 Å². The Hall–Kier alpha value is -2.84. The van der Waals surface area contributed by atoms with Crippen molar-refractivity contribution in [3.05, 3.63) is 76.0 Å². The van der Waals surface area contributed by atoms with Gasteiger partial charge in [0.05, 0.1) is 18.6 Å². The van der Waals surface area contributed by atoms with Gasteiger partial charge < -0.3 is 9.64 Å². The van der Waals surface area contributed by atoms with E-state index in [0.717, 1.165) is 4.88 Å². The first-order valence-electron chi connectivity index (χ1n) is 9.43. The highest BCUT2D eigenvalue weighted by Gasteiger charge is 2.22. The number of thiophene rings is 1. The zero-order chi connectivity index (χ0) is 21.7. The Kier molecular flexibility index (Phi) is 6.79. The summed E-state index contributed by atoms with van der Waals surface area (Å²) in [5.41, 5.74) is 1.32. The van der Waals surface area contributed by atoms with Gasteiger partial charge in [0.2, 0.25) is 0 Å². The van der Waals surface area contributed by atoms with Crippen molar-refractivity contribution in [1.29, 1.82) is 0 Å². The molecule has 30 heavy (non-hydrogen) atoms. The van der Waals surface area contributed by atoms with Gasteiger partial charge in [0.15, 0.2) is 0 Å². The molecule has 1 amide bonds. The van der Waals surface area contributed by atoms with Crippen LogP contribution in [-0.4, -0.2) is 32.9 Å². The Balaban J connectivity index is 1.86. The smallest absolute Gasteiger partial charge is 0.262 e. The molecule has 3 rings (SSSR count). The van der Waals surface area contributed by atoms with Crippen molar-refractivity contribution in [3.63, 3.8) is 0 Å². The average molecular weight is 445 g/mol. The van der Waals surface area contributed by atoms with Gasteiger partial charge in [-0.25, -0.2) is 8.42 Å². The van der Waals surface area contributed by atoms with E-state index in [4.69, 9.17) is 4.74 Å². The number of aryl methyl sites for hydroxylation is 1. The van der Waals surface area contributed by atoms with Crippen molar-refractivity contribution in [2.24, 2.45) is 0 Å². The molecular formula is C22H24N2O4S2. The number of sulfonamides is 1. The molecule has 0 aliphatic rings. The van der Waals surface area contributed by atoms with Crippen LogP contribution in [0.4, 0.5) is 5.69 Å². The molecule has 0 radical (unpaired) electrons. The first-order valence-corrected chi connectivity index (χ1v) is 11.8. The van der Waals surface area contributed by atoms with E-state index in [2.05, 4.69) is 4.72 Å². The SMILES string of the molecule is CCN(Cc1cccs1)C(=O)c1ccc(C)c(S(=O)(=O)Nc2ccc(OC)cc2)c1. The minimum absolute atomic E-state index is 0.0799. The maximum Gasteiger partial charge on any atom is 0.262 e. The standard InChI is InChI=1S/C22H24N2O4S2/c1-4-24(15-20-6-5-13-29-20)22(25)17-8-7-16(2)21(14-17)30(26,27)23-18-9-11-19(28-3)12-10-18/h5-14,23H,4,15H2,1-3H3. The molecule has 158 valence electrons. The van der Waals surface area contributed by atoms with E-state index < -0.39 is 10.0 Å². The molecule has 0 atom stereocenters. The van der Waals surface area contributed by atoms with Crippen LogP contribution < -0.4 is 9.46 Å². The predicted molar refractivity (Wildman–Crippen MR) is 120 cm³/mol. The topological polar surface area (TPSA) is 75.7 Å². The van der Waals surface area contributed by atoms with Crippen molar-refractivity contribution in [2.75, 3.05) is 18.4 Å². The summed E-state index contributed by atoms with van der Waals surface area (Å²) < 4.78 is 33.6. The molecule has 6 nitrogen and oxygen atoms in total. The quantitative estimate of drug-likeness (QED) is 0.554. The molecule has 1 N–H and O–H groups in total. The molecule has 0 aliphatic carbocycles. The molecule has 8 heteroatoms. The van der Waals surface area contributed by atoms with Crippen molar-refractivity contribution in [2.45, 2.75) is 25.3 Å².